The minimum absolute atomic E-state index is 0.211. The summed E-state index contributed by atoms with van der Waals surface area (Å²) in [6.45, 7) is 5.99. The zero-order chi connectivity index (χ0) is 13.9. The Kier molecular flexibility index (Phi) is 3.90. The molecule has 4 heteroatoms. The average Bonchev–Trinajstić information content (AvgIpc) is 3.17. The number of benzene rings is 1. The lowest BCUT2D eigenvalue weighted by atomic mass is 10.0. The van der Waals surface area contributed by atoms with E-state index in [9.17, 15) is 4.79 Å². The van der Waals surface area contributed by atoms with Gasteiger partial charge < -0.3 is 15.8 Å². The number of rotatable bonds is 5. The van der Waals surface area contributed by atoms with E-state index in [-0.39, 0.29) is 18.2 Å². The van der Waals surface area contributed by atoms with Crippen LogP contribution in [0.4, 0.5) is 4.79 Å². The third kappa shape index (κ3) is 3.35. The second-order valence-electron chi connectivity index (χ2n) is 5.17. The molecule has 0 bridgehead atoms. The lowest BCUT2D eigenvalue weighted by molar-refractivity contribution is 0.133. The number of alkyl carbamates (subject to hydrolysis) is 1. The number of ether oxygens (including phenoxy) is 1. The molecule has 2 rings (SSSR count). The fourth-order valence-corrected chi connectivity index (χ4v) is 2.08. The molecule has 1 aromatic carbocycles. The van der Waals surface area contributed by atoms with Crippen molar-refractivity contribution < 1.29 is 9.53 Å². The molecule has 1 fully saturated rings. The van der Waals surface area contributed by atoms with E-state index in [1.165, 1.54) is 0 Å². The van der Waals surface area contributed by atoms with Crippen molar-refractivity contribution in [3.8, 4) is 0 Å². The highest BCUT2D eigenvalue weighted by molar-refractivity contribution is 5.69. The van der Waals surface area contributed by atoms with Crippen LogP contribution in [0.5, 0.6) is 0 Å². The fraction of sp³-hybridized carbons (Fsp3) is 0.400. The van der Waals surface area contributed by atoms with Crippen LogP contribution in [0.1, 0.15) is 25.3 Å². The molecule has 1 saturated carbocycles. The number of amides is 1. The predicted octanol–water partition coefficient (Wildman–Crippen LogP) is 2.35. The number of hydrogen-bond acceptors (Lipinski definition) is 3. The lowest BCUT2D eigenvalue weighted by Crippen LogP contribution is -2.50. The Morgan fingerprint density at radius 2 is 2.11 bits per heavy atom. The summed E-state index contributed by atoms with van der Waals surface area (Å²) in [4.78, 5) is 11.8. The molecule has 0 unspecified atom stereocenters. The molecule has 0 saturated heterocycles. The second-order valence-corrected chi connectivity index (χ2v) is 5.17. The molecule has 0 aliphatic heterocycles. The van der Waals surface area contributed by atoms with Gasteiger partial charge in [-0.15, -0.1) is 0 Å². The minimum atomic E-state index is -0.418. The van der Waals surface area contributed by atoms with Gasteiger partial charge >= 0.3 is 6.09 Å². The Morgan fingerprint density at radius 3 is 2.63 bits per heavy atom. The van der Waals surface area contributed by atoms with Crippen molar-refractivity contribution in [2.24, 2.45) is 5.73 Å². The highest BCUT2D eigenvalue weighted by Crippen LogP contribution is 2.40. The molecule has 1 amide bonds. The van der Waals surface area contributed by atoms with E-state index in [1.54, 1.807) is 0 Å². The first-order chi connectivity index (χ1) is 9.03. The maximum Gasteiger partial charge on any atom is 0.407 e. The van der Waals surface area contributed by atoms with E-state index in [0.29, 0.717) is 0 Å². The first-order valence-corrected chi connectivity index (χ1v) is 6.43. The zero-order valence-corrected chi connectivity index (χ0v) is 11.2. The van der Waals surface area contributed by atoms with Gasteiger partial charge in [0.1, 0.15) is 6.61 Å². The molecule has 1 aliphatic carbocycles. The van der Waals surface area contributed by atoms with Crippen LogP contribution in [0.2, 0.25) is 0 Å². The molecule has 3 N–H and O–H groups in total. The van der Waals surface area contributed by atoms with E-state index in [1.807, 2.05) is 37.3 Å². The number of carbonyl (C=O) groups is 1. The van der Waals surface area contributed by atoms with Gasteiger partial charge in [0.2, 0.25) is 0 Å². The molecular formula is C15H20N2O2. The molecule has 0 aromatic heterocycles. The lowest BCUT2D eigenvalue weighted by Gasteiger charge is -2.24. The maximum absolute atomic E-state index is 11.8. The first kappa shape index (κ1) is 13.6. The number of hydrogen-bond donors (Lipinski definition) is 2. The largest absolute Gasteiger partial charge is 0.445 e. The summed E-state index contributed by atoms with van der Waals surface area (Å²) < 4.78 is 5.20. The molecule has 1 aromatic rings. The summed E-state index contributed by atoms with van der Waals surface area (Å²) in [6, 6.07) is 9.37. The van der Waals surface area contributed by atoms with Gasteiger partial charge in [0.15, 0.2) is 0 Å². The second kappa shape index (κ2) is 5.45. The molecule has 1 atom stereocenters. The van der Waals surface area contributed by atoms with Crippen molar-refractivity contribution >= 4 is 6.09 Å². The minimum Gasteiger partial charge on any atom is -0.445 e. The Bertz CT molecular complexity index is 466. The fourth-order valence-electron chi connectivity index (χ4n) is 2.08. The zero-order valence-electron chi connectivity index (χ0n) is 11.2. The molecular weight excluding hydrogens is 240 g/mol. The normalized spacial score (nSPS) is 17.4. The summed E-state index contributed by atoms with van der Waals surface area (Å²) in [6.07, 6.45) is 1.33. The summed E-state index contributed by atoms with van der Waals surface area (Å²) in [5, 5.41) is 2.87. The summed E-state index contributed by atoms with van der Waals surface area (Å²) in [7, 11) is 0. The van der Waals surface area contributed by atoms with Crippen molar-refractivity contribution in [2.45, 2.75) is 38.0 Å². The van der Waals surface area contributed by atoms with Gasteiger partial charge in [0, 0.05) is 6.04 Å². The van der Waals surface area contributed by atoms with Crippen LogP contribution in [-0.2, 0) is 11.3 Å². The van der Waals surface area contributed by atoms with E-state index < -0.39 is 6.09 Å². The number of nitrogens with one attached hydrogen (secondary N) is 1. The summed E-state index contributed by atoms with van der Waals surface area (Å²) in [5.74, 6) is 0. The van der Waals surface area contributed by atoms with Gasteiger partial charge in [0.05, 0.1) is 5.54 Å². The number of carbonyl (C=O) groups excluding carboxylic acids is 1. The summed E-state index contributed by atoms with van der Waals surface area (Å²) >= 11 is 0. The molecule has 0 heterocycles. The molecule has 0 spiro atoms. The van der Waals surface area contributed by atoms with Crippen LogP contribution in [0.25, 0.3) is 0 Å². The number of nitrogens with two attached hydrogens (primary N) is 1. The third-order valence-electron chi connectivity index (χ3n) is 3.48. The molecule has 0 radical (unpaired) electrons. The van der Waals surface area contributed by atoms with E-state index >= 15 is 0 Å². The quantitative estimate of drug-likeness (QED) is 0.799. The topological polar surface area (TPSA) is 64.3 Å². The monoisotopic (exact) mass is 260 g/mol. The first-order valence-electron chi connectivity index (χ1n) is 6.43. The van der Waals surface area contributed by atoms with E-state index in [4.69, 9.17) is 10.5 Å². The molecule has 19 heavy (non-hydrogen) atoms. The van der Waals surface area contributed by atoms with Crippen molar-refractivity contribution in [1.29, 1.82) is 0 Å². The van der Waals surface area contributed by atoms with Gasteiger partial charge in [-0.2, -0.15) is 0 Å². The van der Waals surface area contributed by atoms with Crippen LogP contribution >= 0.6 is 0 Å². The van der Waals surface area contributed by atoms with Crippen molar-refractivity contribution in [3.63, 3.8) is 0 Å². The highest BCUT2D eigenvalue weighted by atomic mass is 16.5. The Morgan fingerprint density at radius 1 is 1.47 bits per heavy atom. The van der Waals surface area contributed by atoms with Gasteiger partial charge in [0.25, 0.3) is 0 Å². The standard InChI is InChI=1S/C15H20N2O2/c1-11(2)13(16)15(8-9-15)17-14(18)19-10-12-6-4-3-5-7-12/h3-7,13H,1,8-10,16H2,2H3,(H,17,18)/t13-/m1/s1. The Hall–Kier alpha value is -1.81. The van der Waals surface area contributed by atoms with Crippen molar-refractivity contribution in [3.05, 3.63) is 48.0 Å². The predicted molar refractivity (Wildman–Crippen MR) is 74.5 cm³/mol. The molecule has 1 aliphatic rings. The van der Waals surface area contributed by atoms with Crippen molar-refractivity contribution in [1.82, 2.24) is 5.32 Å². The van der Waals surface area contributed by atoms with Crippen LogP contribution in [0.3, 0.4) is 0 Å². The SMILES string of the molecule is C=C(C)[C@@H](N)C1(NC(=O)OCc2ccccc2)CC1. The van der Waals surface area contributed by atoms with Crippen molar-refractivity contribution in [2.75, 3.05) is 0 Å². The van der Waals surface area contributed by atoms with E-state index in [2.05, 4.69) is 11.9 Å². The van der Waals surface area contributed by atoms with Gasteiger partial charge in [-0.1, -0.05) is 42.5 Å². The average molecular weight is 260 g/mol. The summed E-state index contributed by atoms with van der Waals surface area (Å²) in [5.41, 5.74) is 7.54. The van der Waals surface area contributed by atoms with Gasteiger partial charge in [-0.3, -0.25) is 0 Å². The highest BCUT2D eigenvalue weighted by Gasteiger charge is 2.49. The Balaban J connectivity index is 1.84. The Labute approximate surface area is 113 Å². The van der Waals surface area contributed by atoms with Crippen LogP contribution in [-0.4, -0.2) is 17.7 Å². The third-order valence-corrected chi connectivity index (χ3v) is 3.48. The van der Waals surface area contributed by atoms with E-state index in [0.717, 1.165) is 24.0 Å². The maximum atomic E-state index is 11.8. The van der Waals surface area contributed by atoms with Crippen LogP contribution in [0, 0.1) is 0 Å². The smallest absolute Gasteiger partial charge is 0.407 e. The van der Waals surface area contributed by atoms with Crippen LogP contribution in [0.15, 0.2) is 42.5 Å². The van der Waals surface area contributed by atoms with Gasteiger partial charge in [-0.05, 0) is 25.3 Å². The van der Waals surface area contributed by atoms with Gasteiger partial charge in [-0.25, -0.2) is 4.79 Å². The van der Waals surface area contributed by atoms with Crippen LogP contribution < -0.4 is 11.1 Å². The molecule has 102 valence electrons. The molecule has 4 nitrogen and oxygen atoms in total.